The van der Waals surface area contributed by atoms with E-state index in [0.29, 0.717) is 30.6 Å². The first-order valence-electron chi connectivity index (χ1n) is 10.4. The Balaban J connectivity index is 1.78. The molecule has 0 bridgehead atoms. The zero-order valence-corrected chi connectivity index (χ0v) is 17.7. The van der Waals surface area contributed by atoms with Crippen LogP contribution >= 0.6 is 0 Å². The Morgan fingerprint density at radius 3 is 2.61 bits per heavy atom. The van der Waals surface area contributed by atoms with E-state index in [1.54, 1.807) is 12.1 Å². The lowest BCUT2D eigenvalue weighted by molar-refractivity contribution is 0.0697. The predicted molar refractivity (Wildman–Crippen MR) is 113 cm³/mol. The van der Waals surface area contributed by atoms with Crippen LogP contribution in [0.15, 0.2) is 18.2 Å². The summed E-state index contributed by atoms with van der Waals surface area (Å²) in [6.45, 7) is 12.0. The second-order valence-corrected chi connectivity index (χ2v) is 8.21. The summed E-state index contributed by atoms with van der Waals surface area (Å²) in [5.41, 5.74) is 2.28. The van der Waals surface area contributed by atoms with E-state index in [-0.39, 0.29) is 11.9 Å². The number of anilines is 1. The number of hydrogen-bond donors (Lipinski definition) is 2. The fraction of sp³-hybridized carbons (Fsp3) is 0.636. The largest absolute Gasteiger partial charge is 0.381 e. The molecule has 0 aliphatic carbocycles. The summed E-state index contributed by atoms with van der Waals surface area (Å²) in [5, 5.41) is 5.69. The van der Waals surface area contributed by atoms with Gasteiger partial charge in [0.05, 0.1) is 0 Å². The van der Waals surface area contributed by atoms with E-state index >= 15 is 0 Å². The third-order valence-corrected chi connectivity index (χ3v) is 4.99. The maximum Gasteiger partial charge on any atom is 0.319 e. The number of nitrogens with one attached hydrogen (secondary N) is 2. The van der Waals surface area contributed by atoms with Gasteiger partial charge in [-0.2, -0.15) is 0 Å². The summed E-state index contributed by atoms with van der Waals surface area (Å²) >= 11 is 0. The number of rotatable bonds is 8. The highest BCUT2D eigenvalue weighted by atomic mass is 16.5. The molecule has 0 saturated carbocycles. The maximum atomic E-state index is 12.7. The fourth-order valence-corrected chi connectivity index (χ4v) is 3.19. The number of hydrogen-bond acceptors (Lipinski definition) is 3. The molecule has 28 heavy (non-hydrogen) atoms. The molecule has 0 aromatic heterocycles. The van der Waals surface area contributed by atoms with E-state index in [0.717, 1.165) is 50.2 Å². The van der Waals surface area contributed by atoms with Crippen molar-refractivity contribution < 1.29 is 14.3 Å². The van der Waals surface area contributed by atoms with E-state index in [9.17, 15) is 9.59 Å². The van der Waals surface area contributed by atoms with Crippen LogP contribution in [-0.2, 0) is 4.74 Å². The maximum absolute atomic E-state index is 12.7. The quantitative estimate of drug-likeness (QED) is 0.659. The first-order valence-corrected chi connectivity index (χ1v) is 10.4. The van der Waals surface area contributed by atoms with Crippen molar-refractivity contribution in [3.8, 4) is 0 Å². The minimum atomic E-state index is -0.240. The molecule has 2 rings (SSSR count). The Morgan fingerprint density at radius 2 is 1.96 bits per heavy atom. The molecule has 2 N–H and O–H groups in total. The molecular weight excluding hydrogens is 354 g/mol. The van der Waals surface area contributed by atoms with Gasteiger partial charge in [-0.3, -0.25) is 4.79 Å². The third kappa shape index (κ3) is 7.15. The summed E-state index contributed by atoms with van der Waals surface area (Å²) in [4.78, 5) is 26.7. The van der Waals surface area contributed by atoms with Crippen LogP contribution < -0.4 is 10.6 Å². The van der Waals surface area contributed by atoms with Gasteiger partial charge < -0.3 is 20.3 Å². The van der Waals surface area contributed by atoms with Crippen molar-refractivity contribution in [2.45, 2.75) is 47.0 Å². The van der Waals surface area contributed by atoms with Crippen molar-refractivity contribution in [3.05, 3.63) is 29.3 Å². The normalized spacial score (nSPS) is 15.0. The molecule has 0 spiro atoms. The van der Waals surface area contributed by atoms with Crippen LogP contribution in [0.3, 0.4) is 0 Å². The highest BCUT2D eigenvalue weighted by Crippen LogP contribution is 2.21. The molecule has 1 aromatic rings. The number of nitrogens with zero attached hydrogens (tertiary/aromatic N) is 1. The predicted octanol–water partition coefficient (Wildman–Crippen LogP) is 4.05. The monoisotopic (exact) mass is 389 g/mol. The molecule has 6 nitrogen and oxygen atoms in total. The number of piperidine rings is 1. The minimum absolute atomic E-state index is 0.0763. The molecule has 0 radical (unpaired) electrons. The number of urea groups is 1. The van der Waals surface area contributed by atoms with Gasteiger partial charge in [0.25, 0.3) is 5.91 Å². The summed E-state index contributed by atoms with van der Waals surface area (Å²) in [6.07, 6.45) is 2.90. The van der Waals surface area contributed by atoms with Crippen LogP contribution in [0.5, 0.6) is 0 Å². The Bertz CT molecular complexity index is 652. The van der Waals surface area contributed by atoms with Crippen LogP contribution in [0.2, 0.25) is 0 Å². The van der Waals surface area contributed by atoms with E-state index in [1.165, 1.54) is 0 Å². The van der Waals surface area contributed by atoms with Crippen LogP contribution in [0.1, 0.15) is 56.0 Å². The Kier molecular flexibility index (Phi) is 8.77. The molecular formula is C22H35N3O3. The smallest absolute Gasteiger partial charge is 0.319 e. The summed E-state index contributed by atoms with van der Waals surface area (Å²) in [7, 11) is 0. The average molecular weight is 390 g/mol. The summed E-state index contributed by atoms with van der Waals surface area (Å²) in [6, 6.07) is 5.22. The van der Waals surface area contributed by atoms with Gasteiger partial charge in [0, 0.05) is 44.1 Å². The number of benzene rings is 1. The van der Waals surface area contributed by atoms with Crippen LogP contribution in [0.4, 0.5) is 10.5 Å². The zero-order valence-electron chi connectivity index (χ0n) is 17.7. The van der Waals surface area contributed by atoms with Crippen LogP contribution in [0, 0.1) is 18.8 Å². The third-order valence-electron chi connectivity index (χ3n) is 4.99. The number of aryl methyl sites for hydroxylation is 1. The Morgan fingerprint density at radius 1 is 1.25 bits per heavy atom. The van der Waals surface area contributed by atoms with Crippen molar-refractivity contribution in [1.29, 1.82) is 0 Å². The summed E-state index contributed by atoms with van der Waals surface area (Å²) < 4.78 is 5.50. The minimum Gasteiger partial charge on any atom is -0.381 e. The zero-order chi connectivity index (χ0) is 20.5. The van der Waals surface area contributed by atoms with Gasteiger partial charge in [0.15, 0.2) is 0 Å². The lowest BCUT2D eigenvalue weighted by atomic mass is 9.98. The van der Waals surface area contributed by atoms with Gasteiger partial charge in [-0.1, -0.05) is 20.8 Å². The summed E-state index contributed by atoms with van der Waals surface area (Å²) in [5.74, 6) is 1.29. The standard InChI is InChI=1S/C22H35N3O3/c1-16(2)15-28-13-5-10-23-22(27)24-20-7-6-19(14-18(20)4)21(26)25-11-8-17(3)9-12-25/h6-7,14,16-17H,5,8-13,15H2,1-4H3,(H2,23,24,27). The second-order valence-electron chi connectivity index (χ2n) is 8.21. The van der Waals surface area contributed by atoms with Crippen molar-refractivity contribution >= 4 is 17.6 Å². The van der Waals surface area contributed by atoms with Gasteiger partial charge in [-0.05, 0) is 61.8 Å². The molecule has 3 amide bonds. The van der Waals surface area contributed by atoms with Crippen LogP contribution in [-0.4, -0.2) is 49.7 Å². The highest BCUT2D eigenvalue weighted by molar-refractivity contribution is 5.96. The van der Waals surface area contributed by atoms with E-state index in [2.05, 4.69) is 31.4 Å². The van der Waals surface area contributed by atoms with E-state index in [4.69, 9.17) is 4.74 Å². The molecule has 6 heteroatoms. The van der Waals surface area contributed by atoms with Gasteiger partial charge in [-0.25, -0.2) is 4.79 Å². The fourth-order valence-electron chi connectivity index (χ4n) is 3.19. The lowest BCUT2D eigenvalue weighted by Crippen LogP contribution is -2.38. The molecule has 1 aromatic carbocycles. The number of amides is 3. The van der Waals surface area contributed by atoms with Gasteiger partial charge in [0.1, 0.15) is 0 Å². The molecule has 1 aliphatic heterocycles. The van der Waals surface area contributed by atoms with E-state index < -0.39 is 0 Å². The van der Waals surface area contributed by atoms with Crippen molar-refractivity contribution in [2.75, 3.05) is 38.2 Å². The van der Waals surface area contributed by atoms with Crippen LogP contribution in [0.25, 0.3) is 0 Å². The highest BCUT2D eigenvalue weighted by Gasteiger charge is 2.21. The van der Waals surface area contributed by atoms with E-state index in [1.807, 2.05) is 17.9 Å². The van der Waals surface area contributed by atoms with Crippen molar-refractivity contribution in [3.63, 3.8) is 0 Å². The Labute approximate surface area is 169 Å². The first-order chi connectivity index (χ1) is 13.4. The molecule has 1 heterocycles. The molecule has 0 atom stereocenters. The van der Waals surface area contributed by atoms with Crippen molar-refractivity contribution in [1.82, 2.24) is 10.2 Å². The van der Waals surface area contributed by atoms with Crippen molar-refractivity contribution in [2.24, 2.45) is 11.8 Å². The van der Waals surface area contributed by atoms with Gasteiger partial charge in [0.2, 0.25) is 0 Å². The Hall–Kier alpha value is -2.08. The molecule has 1 aliphatic rings. The first kappa shape index (κ1) is 22.2. The van der Waals surface area contributed by atoms with Gasteiger partial charge >= 0.3 is 6.03 Å². The topological polar surface area (TPSA) is 70.7 Å². The van der Waals surface area contributed by atoms with Gasteiger partial charge in [-0.15, -0.1) is 0 Å². The molecule has 156 valence electrons. The average Bonchev–Trinajstić information content (AvgIpc) is 2.66. The molecule has 1 fully saturated rings. The number of carbonyl (C=O) groups is 2. The second kappa shape index (κ2) is 11.1. The molecule has 0 unspecified atom stereocenters. The number of ether oxygens (including phenoxy) is 1. The lowest BCUT2D eigenvalue weighted by Gasteiger charge is -2.30. The number of carbonyl (C=O) groups excluding carboxylic acids is 2. The molecule has 1 saturated heterocycles. The SMILES string of the molecule is Cc1cc(C(=O)N2CCC(C)CC2)ccc1NC(=O)NCCCOCC(C)C. The number of likely N-dealkylation sites (tertiary alicyclic amines) is 1.